The molecule has 0 N–H and O–H groups in total. The summed E-state index contributed by atoms with van der Waals surface area (Å²) in [6.07, 6.45) is 2.40. The van der Waals surface area contributed by atoms with Crippen LogP contribution in [0.25, 0.3) is 0 Å². The minimum absolute atomic E-state index is 0.287. The topological polar surface area (TPSA) is 29.5 Å². The van der Waals surface area contributed by atoms with Crippen LogP contribution in [-0.2, 0) is 10.5 Å². The van der Waals surface area contributed by atoms with Crippen LogP contribution in [0, 0.1) is 5.92 Å². The predicted molar refractivity (Wildman–Crippen MR) is 84.1 cm³/mol. The molecule has 1 heterocycles. The van der Waals surface area contributed by atoms with E-state index >= 15 is 0 Å². The van der Waals surface area contributed by atoms with Gasteiger partial charge in [0.15, 0.2) is 0 Å². The van der Waals surface area contributed by atoms with Gasteiger partial charge < -0.3 is 9.64 Å². The van der Waals surface area contributed by atoms with E-state index in [-0.39, 0.29) is 5.91 Å². The SMILES string of the molecule is COc1ccc(CSCC(=O)N2CCCC(C)C2)cc1. The number of methoxy groups -OCH3 is 1. The van der Waals surface area contributed by atoms with E-state index in [9.17, 15) is 4.79 Å². The number of hydrogen-bond donors (Lipinski definition) is 0. The van der Waals surface area contributed by atoms with Gasteiger partial charge in [-0.1, -0.05) is 19.1 Å². The second-order valence-electron chi connectivity index (χ2n) is 5.43. The lowest BCUT2D eigenvalue weighted by Gasteiger charge is -2.30. The number of carbonyl (C=O) groups is 1. The number of piperidine rings is 1. The Morgan fingerprint density at radius 3 is 2.80 bits per heavy atom. The molecule has 1 unspecified atom stereocenters. The van der Waals surface area contributed by atoms with Crippen LogP contribution >= 0.6 is 11.8 Å². The van der Waals surface area contributed by atoms with E-state index < -0.39 is 0 Å². The number of hydrogen-bond acceptors (Lipinski definition) is 3. The van der Waals surface area contributed by atoms with Gasteiger partial charge in [-0.15, -0.1) is 11.8 Å². The van der Waals surface area contributed by atoms with Crippen molar-refractivity contribution in [2.45, 2.75) is 25.5 Å². The molecule has 4 heteroatoms. The van der Waals surface area contributed by atoms with Crippen molar-refractivity contribution in [1.82, 2.24) is 4.90 Å². The van der Waals surface area contributed by atoms with E-state index in [0.717, 1.165) is 31.0 Å². The second kappa shape index (κ2) is 7.58. The fourth-order valence-electron chi connectivity index (χ4n) is 2.49. The van der Waals surface area contributed by atoms with Crippen LogP contribution in [0.15, 0.2) is 24.3 Å². The molecule has 0 aliphatic carbocycles. The lowest BCUT2D eigenvalue weighted by molar-refractivity contribution is -0.130. The lowest BCUT2D eigenvalue weighted by Crippen LogP contribution is -2.40. The number of likely N-dealkylation sites (tertiary alicyclic amines) is 1. The third-order valence-electron chi connectivity index (χ3n) is 3.66. The zero-order chi connectivity index (χ0) is 14.4. The third-order valence-corrected chi connectivity index (χ3v) is 4.65. The third kappa shape index (κ3) is 4.44. The van der Waals surface area contributed by atoms with Crippen molar-refractivity contribution in [2.24, 2.45) is 5.92 Å². The summed E-state index contributed by atoms with van der Waals surface area (Å²) in [5, 5.41) is 0. The Bertz CT molecular complexity index is 433. The van der Waals surface area contributed by atoms with Gasteiger partial charge in [0.2, 0.25) is 5.91 Å². The molecule has 1 aromatic rings. The first-order valence-corrected chi connectivity index (χ1v) is 8.33. The Morgan fingerprint density at radius 2 is 2.15 bits per heavy atom. The first-order valence-electron chi connectivity index (χ1n) is 7.17. The number of thioether (sulfide) groups is 1. The zero-order valence-corrected chi connectivity index (χ0v) is 13.1. The van der Waals surface area contributed by atoms with Crippen LogP contribution in [0.5, 0.6) is 5.75 Å². The van der Waals surface area contributed by atoms with E-state index in [1.54, 1.807) is 18.9 Å². The molecule has 1 fully saturated rings. The van der Waals surface area contributed by atoms with Crippen LogP contribution in [0.3, 0.4) is 0 Å². The van der Waals surface area contributed by atoms with Crippen molar-refractivity contribution < 1.29 is 9.53 Å². The zero-order valence-electron chi connectivity index (χ0n) is 12.3. The highest BCUT2D eigenvalue weighted by molar-refractivity contribution is 7.99. The molecule has 0 spiro atoms. The highest BCUT2D eigenvalue weighted by Gasteiger charge is 2.20. The molecular weight excluding hydrogens is 270 g/mol. The maximum Gasteiger partial charge on any atom is 0.232 e. The van der Waals surface area contributed by atoms with Crippen LogP contribution < -0.4 is 4.74 Å². The Balaban J connectivity index is 1.73. The largest absolute Gasteiger partial charge is 0.497 e. The smallest absolute Gasteiger partial charge is 0.232 e. The Morgan fingerprint density at radius 1 is 1.40 bits per heavy atom. The summed E-state index contributed by atoms with van der Waals surface area (Å²) in [6, 6.07) is 8.03. The summed E-state index contributed by atoms with van der Waals surface area (Å²) in [6.45, 7) is 4.10. The van der Waals surface area contributed by atoms with Gasteiger partial charge in [-0.05, 0) is 36.5 Å². The minimum Gasteiger partial charge on any atom is -0.497 e. The Labute approximate surface area is 125 Å². The summed E-state index contributed by atoms with van der Waals surface area (Å²) < 4.78 is 5.13. The molecule has 1 aliphatic heterocycles. The lowest BCUT2D eigenvalue weighted by atomic mass is 10.0. The average molecular weight is 293 g/mol. The maximum absolute atomic E-state index is 12.1. The van der Waals surface area contributed by atoms with Gasteiger partial charge in [0.25, 0.3) is 0 Å². The fourth-order valence-corrected chi connectivity index (χ4v) is 3.37. The van der Waals surface area contributed by atoms with Crippen molar-refractivity contribution in [2.75, 3.05) is 26.0 Å². The number of carbonyl (C=O) groups excluding carboxylic acids is 1. The standard InChI is InChI=1S/C16H23NO2S/c1-13-4-3-9-17(10-13)16(18)12-20-11-14-5-7-15(19-2)8-6-14/h5-8,13H,3-4,9-12H2,1-2H3. The molecule has 20 heavy (non-hydrogen) atoms. The average Bonchev–Trinajstić information content (AvgIpc) is 2.48. The van der Waals surface area contributed by atoms with E-state index in [1.165, 1.54) is 12.0 Å². The summed E-state index contributed by atoms with van der Waals surface area (Å²) in [4.78, 5) is 14.1. The van der Waals surface area contributed by atoms with Gasteiger partial charge in [-0.3, -0.25) is 4.79 Å². The number of benzene rings is 1. The van der Waals surface area contributed by atoms with Gasteiger partial charge in [0, 0.05) is 18.8 Å². The van der Waals surface area contributed by atoms with Crippen molar-refractivity contribution in [3.8, 4) is 5.75 Å². The van der Waals surface area contributed by atoms with Crippen molar-refractivity contribution in [3.63, 3.8) is 0 Å². The second-order valence-corrected chi connectivity index (χ2v) is 6.41. The van der Waals surface area contributed by atoms with E-state index in [2.05, 4.69) is 19.1 Å². The summed E-state index contributed by atoms with van der Waals surface area (Å²) in [5.41, 5.74) is 1.23. The normalized spacial score (nSPS) is 18.9. The monoisotopic (exact) mass is 293 g/mol. The van der Waals surface area contributed by atoms with Crippen molar-refractivity contribution in [1.29, 1.82) is 0 Å². The molecule has 110 valence electrons. The number of ether oxygens (including phenoxy) is 1. The van der Waals surface area contributed by atoms with Gasteiger partial charge in [-0.2, -0.15) is 0 Å². The van der Waals surface area contributed by atoms with Gasteiger partial charge in [-0.25, -0.2) is 0 Å². The molecule has 1 aromatic carbocycles. The molecule has 1 saturated heterocycles. The molecule has 0 aromatic heterocycles. The van der Waals surface area contributed by atoms with Crippen molar-refractivity contribution >= 4 is 17.7 Å². The molecule has 0 bridgehead atoms. The van der Waals surface area contributed by atoms with Gasteiger partial charge >= 0.3 is 0 Å². The molecule has 0 saturated carbocycles. The van der Waals surface area contributed by atoms with Gasteiger partial charge in [0.05, 0.1) is 12.9 Å². The van der Waals surface area contributed by atoms with Crippen LogP contribution in [0.2, 0.25) is 0 Å². The van der Waals surface area contributed by atoms with Crippen LogP contribution in [0.1, 0.15) is 25.3 Å². The highest BCUT2D eigenvalue weighted by Crippen LogP contribution is 2.19. The van der Waals surface area contributed by atoms with Crippen LogP contribution in [-0.4, -0.2) is 36.8 Å². The number of nitrogens with zero attached hydrogens (tertiary/aromatic N) is 1. The molecular formula is C16H23NO2S. The maximum atomic E-state index is 12.1. The van der Waals surface area contributed by atoms with E-state index in [4.69, 9.17) is 4.74 Å². The number of rotatable bonds is 5. The Kier molecular flexibility index (Phi) is 5.77. The first-order chi connectivity index (χ1) is 9.69. The molecule has 0 radical (unpaired) electrons. The van der Waals surface area contributed by atoms with E-state index in [1.807, 2.05) is 17.0 Å². The number of amides is 1. The van der Waals surface area contributed by atoms with E-state index in [0.29, 0.717) is 11.7 Å². The molecule has 1 aliphatic rings. The molecule has 2 rings (SSSR count). The molecule has 3 nitrogen and oxygen atoms in total. The minimum atomic E-state index is 0.287. The summed E-state index contributed by atoms with van der Waals surface area (Å²) in [5.74, 6) is 3.27. The van der Waals surface area contributed by atoms with Gasteiger partial charge in [0.1, 0.15) is 5.75 Å². The summed E-state index contributed by atoms with van der Waals surface area (Å²) in [7, 11) is 1.67. The highest BCUT2D eigenvalue weighted by atomic mass is 32.2. The first kappa shape index (κ1) is 15.2. The summed E-state index contributed by atoms with van der Waals surface area (Å²) >= 11 is 1.69. The Hall–Kier alpha value is -1.16. The predicted octanol–water partition coefficient (Wildman–Crippen LogP) is 3.19. The molecule has 1 amide bonds. The van der Waals surface area contributed by atoms with Crippen molar-refractivity contribution in [3.05, 3.63) is 29.8 Å². The fraction of sp³-hybridized carbons (Fsp3) is 0.562. The molecule has 1 atom stereocenters. The quantitative estimate of drug-likeness (QED) is 0.835. The van der Waals surface area contributed by atoms with Crippen LogP contribution in [0.4, 0.5) is 0 Å².